The van der Waals surface area contributed by atoms with E-state index in [1.807, 2.05) is 0 Å². The van der Waals surface area contributed by atoms with Crippen molar-refractivity contribution < 1.29 is 13.2 Å². The van der Waals surface area contributed by atoms with Crippen LogP contribution in [-0.4, -0.2) is 51.0 Å². The predicted molar refractivity (Wildman–Crippen MR) is 116 cm³/mol. The van der Waals surface area contributed by atoms with Gasteiger partial charge in [-0.25, -0.2) is 13.4 Å². The van der Waals surface area contributed by atoms with E-state index >= 15 is 0 Å². The summed E-state index contributed by atoms with van der Waals surface area (Å²) >= 11 is 1.60. The largest absolute Gasteiger partial charge is 0.497 e. The van der Waals surface area contributed by atoms with Gasteiger partial charge in [0.1, 0.15) is 5.75 Å². The van der Waals surface area contributed by atoms with Crippen molar-refractivity contribution in [3.05, 3.63) is 59.5 Å². The Morgan fingerprint density at radius 3 is 2.24 bits per heavy atom. The number of rotatable bonds is 5. The van der Waals surface area contributed by atoms with Gasteiger partial charge in [0, 0.05) is 37.1 Å². The van der Waals surface area contributed by atoms with Crippen LogP contribution < -0.4 is 9.64 Å². The fourth-order valence-electron chi connectivity index (χ4n) is 3.28. The standard InChI is InChI=1S/C21H23N3O3S2/c1-16-3-5-17(6-4-16)20-15-28-21(22-20)23-11-13-24(14-12-23)29(25,26)19-9-7-18(27-2)8-10-19/h3-10,15H,11-14H2,1-2H3. The van der Waals surface area contributed by atoms with Crippen molar-refractivity contribution in [1.82, 2.24) is 9.29 Å². The summed E-state index contributed by atoms with van der Waals surface area (Å²) in [6.07, 6.45) is 0. The summed E-state index contributed by atoms with van der Waals surface area (Å²) in [4.78, 5) is 7.21. The molecule has 1 fully saturated rings. The fraction of sp³-hybridized carbons (Fsp3) is 0.286. The van der Waals surface area contributed by atoms with E-state index in [-0.39, 0.29) is 0 Å². The molecule has 2 aromatic carbocycles. The molecule has 152 valence electrons. The number of benzene rings is 2. The van der Waals surface area contributed by atoms with Crippen molar-refractivity contribution in [2.45, 2.75) is 11.8 Å². The smallest absolute Gasteiger partial charge is 0.243 e. The molecular formula is C21H23N3O3S2. The lowest BCUT2D eigenvalue weighted by molar-refractivity contribution is 0.384. The number of aromatic nitrogens is 1. The molecule has 8 heteroatoms. The predicted octanol–water partition coefficient (Wildman–Crippen LogP) is 3.64. The minimum Gasteiger partial charge on any atom is -0.497 e. The van der Waals surface area contributed by atoms with Crippen molar-refractivity contribution in [2.75, 3.05) is 38.2 Å². The normalized spacial score (nSPS) is 15.4. The zero-order valence-electron chi connectivity index (χ0n) is 16.4. The molecule has 0 spiro atoms. The van der Waals surface area contributed by atoms with E-state index in [4.69, 9.17) is 9.72 Å². The number of ether oxygens (including phenoxy) is 1. The van der Waals surface area contributed by atoms with Gasteiger partial charge in [-0.2, -0.15) is 4.31 Å². The van der Waals surface area contributed by atoms with Crippen molar-refractivity contribution >= 4 is 26.5 Å². The van der Waals surface area contributed by atoms with E-state index in [0.717, 1.165) is 16.4 Å². The molecule has 3 aromatic rings. The highest BCUT2D eigenvalue weighted by Crippen LogP contribution is 2.29. The Morgan fingerprint density at radius 2 is 1.62 bits per heavy atom. The second kappa shape index (κ2) is 8.14. The van der Waals surface area contributed by atoms with Gasteiger partial charge in [-0.1, -0.05) is 29.8 Å². The number of sulfonamides is 1. The van der Waals surface area contributed by atoms with E-state index < -0.39 is 10.0 Å². The van der Waals surface area contributed by atoms with Gasteiger partial charge in [-0.3, -0.25) is 0 Å². The van der Waals surface area contributed by atoms with Crippen LogP contribution in [0.25, 0.3) is 11.3 Å². The first-order chi connectivity index (χ1) is 14.0. The average Bonchev–Trinajstić information content (AvgIpc) is 3.24. The van der Waals surface area contributed by atoms with Crippen molar-refractivity contribution in [2.24, 2.45) is 0 Å². The Bertz CT molecular complexity index is 1070. The maximum Gasteiger partial charge on any atom is 0.243 e. The molecule has 29 heavy (non-hydrogen) atoms. The number of thiazole rings is 1. The van der Waals surface area contributed by atoms with Crippen LogP contribution in [0.15, 0.2) is 58.8 Å². The van der Waals surface area contributed by atoms with Crippen molar-refractivity contribution in [3.63, 3.8) is 0 Å². The van der Waals surface area contributed by atoms with Crippen LogP contribution in [0.1, 0.15) is 5.56 Å². The minimum atomic E-state index is -3.50. The molecule has 1 aliphatic rings. The first-order valence-electron chi connectivity index (χ1n) is 9.39. The third-order valence-electron chi connectivity index (χ3n) is 5.05. The third-order valence-corrected chi connectivity index (χ3v) is 7.86. The van der Waals surface area contributed by atoms with E-state index in [1.54, 1.807) is 47.0 Å². The fourth-order valence-corrected chi connectivity index (χ4v) is 5.59. The molecule has 0 radical (unpaired) electrons. The number of hydrogen-bond acceptors (Lipinski definition) is 6. The summed E-state index contributed by atoms with van der Waals surface area (Å²) in [6.45, 7) is 4.18. The maximum atomic E-state index is 12.9. The van der Waals surface area contributed by atoms with E-state index in [0.29, 0.717) is 36.8 Å². The zero-order chi connectivity index (χ0) is 20.4. The highest BCUT2D eigenvalue weighted by Gasteiger charge is 2.29. The highest BCUT2D eigenvalue weighted by atomic mass is 32.2. The Hall–Kier alpha value is -2.42. The molecule has 1 saturated heterocycles. The molecule has 1 aromatic heterocycles. The van der Waals surface area contributed by atoms with Crippen LogP contribution in [0.3, 0.4) is 0 Å². The molecule has 0 saturated carbocycles. The molecule has 0 bridgehead atoms. The number of nitrogens with zero attached hydrogens (tertiary/aromatic N) is 3. The summed E-state index contributed by atoms with van der Waals surface area (Å²) in [6, 6.07) is 14.8. The molecule has 1 aliphatic heterocycles. The van der Waals surface area contributed by atoms with Crippen LogP contribution in [0, 0.1) is 6.92 Å². The first kappa shape index (κ1) is 19.9. The van der Waals surface area contributed by atoms with E-state index in [9.17, 15) is 8.42 Å². The van der Waals surface area contributed by atoms with Crippen LogP contribution in [0.5, 0.6) is 5.75 Å². The average molecular weight is 430 g/mol. The van der Waals surface area contributed by atoms with Gasteiger partial charge in [0.05, 0.1) is 17.7 Å². The lowest BCUT2D eigenvalue weighted by Gasteiger charge is -2.33. The number of methoxy groups -OCH3 is 1. The van der Waals surface area contributed by atoms with Crippen LogP contribution in [-0.2, 0) is 10.0 Å². The van der Waals surface area contributed by atoms with Gasteiger partial charge in [-0.15, -0.1) is 11.3 Å². The molecule has 4 rings (SSSR count). The van der Waals surface area contributed by atoms with Crippen LogP contribution >= 0.6 is 11.3 Å². The van der Waals surface area contributed by atoms with Crippen LogP contribution in [0.2, 0.25) is 0 Å². The molecule has 0 unspecified atom stereocenters. The molecule has 2 heterocycles. The summed E-state index contributed by atoms with van der Waals surface area (Å²) in [5.74, 6) is 0.641. The second-order valence-corrected chi connectivity index (χ2v) is 9.72. The number of hydrogen-bond donors (Lipinski definition) is 0. The van der Waals surface area contributed by atoms with Gasteiger partial charge in [0.25, 0.3) is 0 Å². The summed E-state index contributed by atoms with van der Waals surface area (Å²) in [5.41, 5.74) is 3.27. The molecule has 0 atom stereocenters. The lowest BCUT2D eigenvalue weighted by atomic mass is 10.1. The zero-order valence-corrected chi connectivity index (χ0v) is 18.0. The minimum absolute atomic E-state index is 0.294. The lowest BCUT2D eigenvalue weighted by Crippen LogP contribution is -2.48. The third kappa shape index (κ3) is 4.14. The Balaban J connectivity index is 1.43. The van der Waals surface area contributed by atoms with Crippen LogP contribution in [0.4, 0.5) is 5.13 Å². The van der Waals surface area contributed by atoms with Crippen molar-refractivity contribution in [3.8, 4) is 17.0 Å². The maximum absolute atomic E-state index is 12.9. The van der Waals surface area contributed by atoms with Gasteiger partial charge >= 0.3 is 0 Å². The Morgan fingerprint density at radius 1 is 0.966 bits per heavy atom. The topological polar surface area (TPSA) is 62.7 Å². The number of aryl methyl sites for hydroxylation is 1. The summed E-state index contributed by atoms with van der Waals surface area (Å²) in [7, 11) is -1.94. The van der Waals surface area contributed by atoms with Gasteiger partial charge in [0.2, 0.25) is 10.0 Å². The van der Waals surface area contributed by atoms with Gasteiger partial charge < -0.3 is 9.64 Å². The quantitative estimate of drug-likeness (QED) is 0.620. The Kier molecular flexibility index (Phi) is 5.58. The molecular weight excluding hydrogens is 406 g/mol. The van der Waals surface area contributed by atoms with Crippen molar-refractivity contribution in [1.29, 1.82) is 0 Å². The number of piperazine rings is 1. The summed E-state index contributed by atoms with van der Waals surface area (Å²) < 4.78 is 32.5. The molecule has 0 aliphatic carbocycles. The van der Waals surface area contributed by atoms with Gasteiger partial charge in [-0.05, 0) is 31.2 Å². The van der Waals surface area contributed by atoms with Gasteiger partial charge in [0.15, 0.2) is 5.13 Å². The second-order valence-electron chi connectivity index (χ2n) is 6.95. The molecule has 0 N–H and O–H groups in total. The first-order valence-corrected chi connectivity index (χ1v) is 11.7. The molecule has 0 amide bonds. The highest BCUT2D eigenvalue weighted by molar-refractivity contribution is 7.89. The monoisotopic (exact) mass is 429 g/mol. The van der Waals surface area contributed by atoms with E-state index in [2.05, 4.69) is 41.5 Å². The SMILES string of the molecule is COc1ccc(S(=O)(=O)N2CCN(c3nc(-c4ccc(C)cc4)cs3)CC2)cc1. The Labute approximate surface area is 175 Å². The molecule has 6 nitrogen and oxygen atoms in total. The number of anilines is 1. The van der Waals surface area contributed by atoms with E-state index in [1.165, 1.54) is 5.56 Å². The summed E-state index contributed by atoms with van der Waals surface area (Å²) in [5, 5.41) is 2.99.